The maximum Gasteiger partial charge on any atom is 0.130 e. The Morgan fingerprint density at radius 1 is 1.20 bits per heavy atom. The number of hydrogen-bond acceptors (Lipinski definition) is 2. The van der Waals surface area contributed by atoms with Gasteiger partial charge in [-0.25, -0.2) is 8.78 Å². The van der Waals surface area contributed by atoms with Crippen LogP contribution in [0.1, 0.15) is 24.2 Å². The van der Waals surface area contributed by atoms with Gasteiger partial charge in [0.25, 0.3) is 0 Å². The van der Waals surface area contributed by atoms with Crippen molar-refractivity contribution in [2.24, 2.45) is 0 Å². The Kier molecular flexibility index (Phi) is 4.73. The zero-order valence-electron chi connectivity index (χ0n) is 10.7. The summed E-state index contributed by atoms with van der Waals surface area (Å²) >= 11 is 3.18. The Labute approximate surface area is 124 Å². The predicted molar refractivity (Wildman–Crippen MR) is 75.5 cm³/mol. The number of aliphatic hydroxyl groups is 1. The van der Waals surface area contributed by atoms with Gasteiger partial charge in [-0.15, -0.1) is 0 Å². The molecule has 2 rings (SSSR count). The third-order valence-electron chi connectivity index (χ3n) is 2.82. The van der Waals surface area contributed by atoms with Gasteiger partial charge in [-0.1, -0.05) is 22.0 Å². The molecule has 0 bridgehead atoms. The van der Waals surface area contributed by atoms with E-state index < -0.39 is 11.9 Å². The number of hydrogen-bond donors (Lipinski definition) is 1. The molecule has 106 valence electrons. The fourth-order valence-corrected chi connectivity index (χ4v) is 2.10. The zero-order valence-corrected chi connectivity index (χ0v) is 12.3. The first-order valence-electron chi connectivity index (χ1n) is 6.01. The highest BCUT2D eigenvalue weighted by molar-refractivity contribution is 9.10. The van der Waals surface area contributed by atoms with Gasteiger partial charge in [-0.3, -0.25) is 0 Å². The smallest absolute Gasteiger partial charge is 0.130 e. The first-order chi connectivity index (χ1) is 9.47. The summed E-state index contributed by atoms with van der Waals surface area (Å²) in [6.45, 7) is 1.52. The Hall–Kier alpha value is -1.46. The van der Waals surface area contributed by atoms with E-state index in [1.54, 1.807) is 12.1 Å². The van der Waals surface area contributed by atoms with Gasteiger partial charge < -0.3 is 9.84 Å². The van der Waals surface area contributed by atoms with Crippen LogP contribution in [0.25, 0.3) is 0 Å². The lowest BCUT2D eigenvalue weighted by atomic mass is 10.1. The summed E-state index contributed by atoms with van der Waals surface area (Å²) in [5.74, 6) is -0.508. The lowest BCUT2D eigenvalue weighted by Gasteiger charge is -2.14. The van der Waals surface area contributed by atoms with Gasteiger partial charge in [0.1, 0.15) is 24.0 Å². The number of halogens is 3. The SMILES string of the molecule is CC(O)c1cc(F)ccc1OCc1ccc(Br)cc1F. The minimum absolute atomic E-state index is 0.00443. The fourth-order valence-electron chi connectivity index (χ4n) is 1.77. The minimum atomic E-state index is -0.865. The molecule has 0 aliphatic carbocycles. The van der Waals surface area contributed by atoms with Crippen LogP contribution in [0.3, 0.4) is 0 Å². The van der Waals surface area contributed by atoms with Crippen molar-refractivity contribution in [2.75, 3.05) is 0 Å². The van der Waals surface area contributed by atoms with Crippen molar-refractivity contribution in [1.82, 2.24) is 0 Å². The van der Waals surface area contributed by atoms with Crippen LogP contribution >= 0.6 is 15.9 Å². The predicted octanol–water partition coefficient (Wildman–Crippen LogP) is 4.36. The highest BCUT2D eigenvalue weighted by atomic mass is 79.9. The molecule has 0 aliphatic heterocycles. The lowest BCUT2D eigenvalue weighted by Crippen LogP contribution is -2.03. The van der Waals surface area contributed by atoms with Crippen molar-refractivity contribution in [3.8, 4) is 5.75 Å². The van der Waals surface area contributed by atoms with Gasteiger partial charge in [0.05, 0.1) is 6.10 Å². The second-order valence-electron chi connectivity index (χ2n) is 4.38. The molecule has 0 spiro atoms. The van der Waals surface area contributed by atoms with Crippen molar-refractivity contribution >= 4 is 15.9 Å². The third-order valence-corrected chi connectivity index (χ3v) is 3.31. The largest absolute Gasteiger partial charge is 0.488 e. The van der Waals surface area contributed by atoms with Crippen LogP contribution in [0.2, 0.25) is 0 Å². The molecule has 0 aromatic heterocycles. The van der Waals surface area contributed by atoms with Gasteiger partial charge in [0.15, 0.2) is 0 Å². The number of benzene rings is 2. The molecule has 1 atom stereocenters. The van der Waals surface area contributed by atoms with Crippen LogP contribution in [-0.2, 0) is 6.61 Å². The number of ether oxygens (including phenoxy) is 1. The molecular weight excluding hydrogens is 330 g/mol. The van der Waals surface area contributed by atoms with Crippen LogP contribution in [0.5, 0.6) is 5.75 Å². The quantitative estimate of drug-likeness (QED) is 0.894. The Morgan fingerprint density at radius 3 is 2.60 bits per heavy atom. The number of rotatable bonds is 4. The van der Waals surface area contributed by atoms with E-state index in [4.69, 9.17) is 4.74 Å². The minimum Gasteiger partial charge on any atom is -0.488 e. The molecule has 2 aromatic carbocycles. The zero-order chi connectivity index (χ0) is 14.7. The van der Waals surface area contributed by atoms with E-state index in [2.05, 4.69) is 15.9 Å². The molecule has 1 N–H and O–H groups in total. The van der Waals surface area contributed by atoms with Gasteiger partial charge in [-0.05, 0) is 37.3 Å². The summed E-state index contributed by atoms with van der Waals surface area (Å²) in [6.07, 6.45) is -0.865. The van der Waals surface area contributed by atoms with Crippen molar-refractivity contribution in [2.45, 2.75) is 19.6 Å². The van der Waals surface area contributed by atoms with Crippen molar-refractivity contribution in [1.29, 1.82) is 0 Å². The first kappa shape index (κ1) is 14.9. The summed E-state index contributed by atoms with van der Waals surface area (Å²) in [7, 11) is 0. The van der Waals surface area contributed by atoms with Gasteiger partial charge in [-0.2, -0.15) is 0 Å². The van der Waals surface area contributed by atoms with E-state index in [-0.39, 0.29) is 12.4 Å². The van der Waals surface area contributed by atoms with E-state index in [0.717, 1.165) is 0 Å². The molecule has 0 heterocycles. The molecular formula is C15H13BrF2O2. The maximum atomic E-state index is 13.7. The van der Waals surface area contributed by atoms with Crippen molar-refractivity contribution in [3.05, 3.63) is 63.6 Å². The molecule has 0 saturated carbocycles. The van der Waals surface area contributed by atoms with Crippen LogP contribution in [0.15, 0.2) is 40.9 Å². The van der Waals surface area contributed by atoms with Gasteiger partial charge >= 0.3 is 0 Å². The Bertz CT molecular complexity index is 615. The highest BCUT2D eigenvalue weighted by Gasteiger charge is 2.12. The highest BCUT2D eigenvalue weighted by Crippen LogP contribution is 2.27. The molecule has 2 nitrogen and oxygen atoms in total. The van der Waals surface area contributed by atoms with Crippen LogP contribution in [-0.4, -0.2) is 5.11 Å². The number of aliphatic hydroxyl groups excluding tert-OH is 1. The average molecular weight is 343 g/mol. The summed E-state index contributed by atoms with van der Waals surface area (Å²) in [6, 6.07) is 8.52. The molecule has 0 radical (unpaired) electrons. The molecule has 2 aromatic rings. The summed E-state index contributed by atoms with van der Waals surface area (Å²) in [5.41, 5.74) is 0.719. The molecule has 0 fully saturated rings. The monoisotopic (exact) mass is 342 g/mol. The fraction of sp³-hybridized carbons (Fsp3) is 0.200. The molecule has 5 heteroatoms. The molecule has 20 heavy (non-hydrogen) atoms. The van der Waals surface area contributed by atoms with E-state index in [9.17, 15) is 13.9 Å². The molecule has 0 saturated heterocycles. The van der Waals surface area contributed by atoms with Crippen LogP contribution in [0.4, 0.5) is 8.78 Å². The average Bonchev–Trinajstić information content (AvgIpc) is 2.38. The van der Waals surface area contributed by atoms with E-state index >= 15 is 0 Å². The topological polar surface area (TPSA) is 29.5 Å². The maximum absolute atomic E-state index is 13.7. The van der Waals surface area contributed by atoms with E-state index in [1.165, 1.54) is 31.2 Å². The van der Waals surface area contributed by atoms with Crippen molar-refractivity contribution in [3.63, 3.8) is 0 Å². The summed E-state index contributed by atoms with van der Waals surface area (Å²) in [5, 5.41) is 9.59. The van der Waals surface area contributed by atoms with E-state index in [1.807, 2.05) is 0 Å². The Morgan fingerprint density at radius 2 is 1.95 bits per heavy atom. The van der Waals surface area contributed by atoms with Gasteiger partial charge in [0, 0.05) is 15.6 Å². The lowest BCUT2D eigenvalue weighted by molar-refractivity contribution is 0.189. The van der Waals surface area contributed by atoms with Crippen molar-refractivity contribution < 1.29 is 18.6 Å². The summed E-state index contributed by atoms with van der Waals surface area (Å²) < 4.78 is 32.9. The Balaban J connectivity index is 2.18. The van der Waals surface area contributed by atoms with Gasteiger partial charge in [0.2, 0.25) is 0 Å². The second kappa shape index (κ2) is 6.33. The molecule has 0 amide bonds. The second-order valence-corrected chi connectivity index (χ2v) is 5.30. The normalized spacial score (nSPS) is 12.2. The standard InChI is InChI=1S/C15H13BrF2O2/c1-9(19)13-7-12(17)4-5-15(13)20-8-10-2-3-11(16)6-14(10)18/h2-7,9,19H,8H2,1H3. The van der Waals surface area contributed by atoms with Crippen LogP contribution in [0, 0.1) is 11.6 Å². The first-order valence-corrected chi connectivity index (χ1v) is 6.81. The summed E-state index contributed by atoms with van der Waals surface area (Å²) in [4.78, 5) is 0. The molecule has 0 aliphatic rings. The van der Waals surface area contributed by atoms with Crippen LogP contribution < -0.4 is 4.74 Å². The molecule has 1 unspecified atom stereocenters. The van der Waals surface area contributed by atoms with E-state index in [0.29, 0.717) is 21.3 Å². The third kappa shape index (κ3) is 3.55.